The van der Waals surface area contributed by atoms with Gasteiger partial charge in [0.25, 0.3) is 0 Å². The molecule has 0 aliphatic carbocycles. The largest absolute Gasteiger partial charge is 0.358 e. The monoisotopic (exact) mass is 355 g/mol. The van der Waals surface area contributed by atoms with Crippen LogP contribution in [0.4, 0.5) is 0 Å². The van der Waals surface area contributed by atoms with Crippen LogP contribution < -0.4 is 5.32 Å². The lowest BCUT2D eigenvalue weighted by Crippen LogP contribution is -2.30. The van der Waals surface area contributed by atoms with Crippen molar-refractivity contribution in [1.82, 2.24) is 5.32 Å². The minimum atomic E-state index is -0.559. The van der Waals surface area contributed by atoms with E-state index in [-0.39, 0.29) is 11.6 Å². The molecule has 1 atom stereocenters. The van der Waals surface area contributed by atoms with Gasteiger partial charge in [-0.3, -0.25) is 9.59 Å². The number of ketones is 2. The molecule has 0 radical (unpaired) electrons. The topological polar surface area (TPSA) is 46.2 Å². The van der Waals surface area contributed by atoms with Crippen molar-refractivity contribution >= 4 is 17.3 Å². The molecule has 1 heterocycles. The van der Waals surface area contributed by atoms with Gasteiger partial charge in [0.15, 0.2) is 11.6 Å². The molecule has 2 aromatic rings. The standard InChI is InChI=1S/C24H21NO2/c1-16-22(17(2)26)21(15-14-19-10-6-4-7-11-19)23(18(3)27)24(25-16)20-12-8-5-9-13-20/h4-13,21,25H,1-3H3. The molecule has 1 N–H and O–H groups in total. The SMILES string of the molecule is CC(=O)C1=C(C)NC(c2ccccc2)=C(C(C)=O)C1C#Cc1ccccc1. The molecule has 0 aromatic heterocycles. The molecule has 0 spiro atoms. The van der Waals surface area contributed by atoms with Gasteiger partial charge < -0.3 is 5.32 Å². The summed E-state index contributed by atoms with van der Waals surface area (Å²) in [5.41, 5.74) is 4.28. The molecule has 0 saturated carbocycles. The lowest BCUT2D eigenvalue weighted by atomic mass is 9.81. The summed E-state index contributed by atoms with van der Waals surface area (Å²) in [5, 5.41) is 3.27. The Balaban J connectivity index is 2.20. The lowest BCUT2D eigenvalue weighted by molar-refractivity contribution is -0.114. The van der Waals surface area contributed by atoms with Crippen molar-refractivity contribution in [2.45, 2.75) is 20.8 Å². The summed E-state index contributed by atoms with van der Waals surface area (Å²) in [6.45, 7) is 4.90. The average molecular weight is 355 g/mol. The molecular weight excluding hydrogens is 334 g/mol. The zero-order valence-electron chi connectivity index (χ0n) is 15.7. The number of allylic oxidation sites excluding steroid dienone is 3. The van der Waals surface area contributed by atoms with E-state index in [1.165, 1.54) is 13.8 Å². The Kier molecular flexibility index (Phi) is 5.38. The van der Waals surface area contributed by atoms with Crippen LogP contribution in [-0.4, -0.2) is 11.6 Å². The Morgan fingerprint density at radius 3 is 1.96 bits per heavy atom. The van der Waals surface area contributed by atoms with Crippen LogP contribution >= 0.6 is 0 Å². The Morgan fingerprint density at radius 1 is 0.852 bits per heavy atom. The van der Waals surface area contributed by atoms with E-state index < -0.39 is 5.92 Å². The van der Waals surface area contributed by atoms with Crippen LogP contribution in [0.3, 0.4) is 0 Å². The lowest BCUT2D eigenvalue weighted by Gasteiger charge is -2.28. The summed E-state index contributed by atoms with van der Waals surface area (Å²) in [7, 11) is 0. The van der Waals surface area contributed by atoms with E-state index in [9.17, 15) is 9.59 Å². The van der Waals surface area contributed by atoms with Gasteiger partial charge in [0.2, 0.25) is 0 Å². The number of hydrogen-bond acceptors (Lipinski definition) is 3. The summed E-state index contributed by atoms with van der Waals surface area (Å²) >= 11 is 0. The van der Waals surface area contributed by atoms with E-state index in [4.69, 9.17) is 0 Å². The molecule has 2 aromatic carbocycles. The Bertz CT molecular complexity index is 1000. The number of dihydropyridines is 1. The first-order valence-electron chi connectivity index (χ1n) is 8.85. The molecule has 3 rings (SSSR count). The van der Waals surface area contributed by atoms with E-state index in [0.29, 0.717) is 11.1 Å². The molecule has 27 heavy (non-hydrogen) atoms. The van der Waals surface area contributed by atoms with E-state index in [1.807, 2.05) is 67.6 Å². The molecule has 1 unspecified atom stereocenters. The highest BCUT2D eigenvalue weighted by molar-refractivity contribution is 6.07. The van der Waals surface area contributed by atoms with Crippen molar-refractivity contribution in [3.8, 4) is 11.8 Å². The van der Waals surface area contributed by atoms with Crippen LogP contribution in [-0.2, 0) is 9.59 Å². The summed E-state index contributed by atoms with van der Waals surface area (Å²) in [6.07, 6.45) is 0. The molecule has 0 saturated heterocycles. The second kappa shape index (κ2) is 7.88. The third-order valence-electron chi connectivity index (χ3n) is 4.52. The average Bonchev–Trinajstić information content (AvgIpc) is 2.66. The molecule has 1 aliphatic heterocycles. The van der Waals surface area contributed by atoms with E-state index >= 15 is 0 Å². The van der Waals surface area contributed by atoms with Crippen molar-refractivity contribution in [3.63, 3.8) is 0 Å². The molecule has 3 heteroatoms. The number of benzene rings is 2. The number of carbonyl (C=O) groups is 2. The van der Waals surface area contributed by atoms with Gasteiger partial charge in [-0.2, -0.15) is 0 Å². The molecule has 1 aliphatic rings. The summed E-state index contributed by atoms with van der Waals surface area (Å²) in [6, 6.07) is 19.2. The Morgan fingerprint density at radius 2 is 1.41 bits per heavy atom. The Hall–Kier alpha value is -3.38. The van der Waals surface area contributed by atoms with Crippen LogP contribution in [0.15, 0.2) is 77.5 Å². The van der Waals surface area contributed by atoms with Crippen molar-refractivity contribution in [2.75, 3.05) is 0 Å². The number of nitrogens with one attached hydrogen (secondary N) is 1. The minimum absolute atomic E-state index is 0.0850. The van der Waals surface area contributed by atoms with Gasteiger partial charge in [-0.05, 0) is 38.5 Å². The first kappa shape index (κ1) is 18.4. The summed E-state index contributed by atoms with van der Waals surface area (Å²) in [5.74, 6) is 5.57. The predicted molar refractivity (Wildman–Crippen MR) is 107 cm³/mol. The zero-order valence-corrected chi connectivity index (χ0v) is 15.7. The normalized spacial score (nSPS) is 16.3. The van der Waals surface area contributed by atoms with Crippen LogP contribution in [0.5, 0.6) is 0 Å². The third kappa shape index (κ3) is 3.91. The first-order chi connectivity index (χ1) is 13.0. The van der Waals surface area contributed by atoms with E-state index in [1.54, 1.807) is 0 Å². The van der Waals surface area contributed by atoms with Crippen LogP contribution in [0.1, 0.15) is 31.9 Å². The highest BCUT2D eigenvalue weighted by Gasteiger charge is 2.32. The molecule has 0 amide bonds. The third-order valence-corrected chi connectivity index (χ3v) is 4.52. The smallest absolute Gasteiger partial charge is 0.159 e. The first-order valence-corrected chi connectivity index (χ1v) is 8.85. The highest BCUT2D eigenvalue weighted by atomic mass is 16.1. The molecule has 0 fully saturated rings. The van der Waals surface area contributed by atoms with Gasteiger partial charge in [-0.1, -0.05) is 60.4 Å². The van der Waals surface area contributed by atoms with Gasteiger partial charge in [0, 0.05) is 22.4 Å². The maximum atomic E-state index is 12.6. The van der Waals surface area contributed by atoms with Crippen molar-refractivity contribution in [1.29, 1.82) is 0 Å². The summed E-state index contributed by atoms with van der Waals surface area (Å²) in [4.78, 5) is 24.9. The Labute approximate surface area is 159 Å². The number of rotatable bonds is 3. The fourth-order valence-electron chi connectivity index (χ4n) is 3.33. The fourth-order valence-corrected chi connectivity index (χ4v) is 3.33. The molecule has 134 valence electrons. The van der Waals surface area contributed by atoms with Gasteiger partial charge in [-0.15, -0.1) is 0 Å². The number of Topliss-reactive ketones (excluding diaryl/α,β-unsaturated/α-hetero) is 2. The van der Waals surface area contributed by atoms with Gasteiger partial charge in [0.05, 0.1) is 11.6 Å². The highest BCUT2D eigenvalue weighted by Crippen LogP contribution is 2.34. The fraction of sp³-hybridized carbons (Fsp3) is 0.167. The predicted octanol–water partition coefficient (Wildman–Crippen LogP) is 4.12. The minimum Gasteiger partial charge on any atom is -0.358 e. The van der Waals surface area contributed by atoms with Crippen LogP contribution in [0, 0.1) is 17.8 Å². The zero-order chi connectivity index (χ0) is 19.4. The quantitative estimate of drug-likeness (QED) is 0.843. The van der Waals surface area contributed by atoms with Crippen molar-refractivity contribution in [3.05, 3.63) is 88.6 Å². The van der Waals surface area contributed by atoms with Crippen LogP contribution in [0.25, 0.3) is 5.70 Å². The number of carbonyl (C=O) groups excluding carboxylic acids is 2. The maximum Gasteiger partial charge on any atom is 0.159 e. The number of hydrogen-bond donors (Lipinski definition) is 1. The second-order valence-electron chi connectivity index (χ2n) is 6.50. The second-order valence-corrected chi connectivity index (χ2v) is 6.50. The van der Waals surface area contributed by atoms with Crippen LogP contribution in [0.2, 0.25) is 0 Å². The van der Waals surface area contributed by atoms with Gasteiger partial charge >= 0.3 is 0 Å². The van der Waals surface area contributed by atoms with Gasteiger partial charge in [0.1, 0.15) is 0 Å². The van der Waals surface area contributed by atoms with Gasteiger partial charge in [-0.25, -0.2) is 0 Å². The van der Waals surface area contributed by atoms with Crippen molar-refractivity contribution < 1.29 is 9.59 Å². The molecule has 3 nitrogen and oxygen atoms in total. The molecule has 0 bridgehead atoms. The van der Waals surface area contributed by atoms with E-state index in [2.05, 4.69) is 17.2 Å². The van der Waals surface area contributed by atoms with E-state index in [0.717, 1.165) is 22.5 Å². The van der Waals surface area contributed by atoms with Crippen molar-refractivity contribution in [2.24, 2.45) is 5.92 Å². The maximum absolute atomic E-state index is 12.6. The summed E-state index contributed by atoms with van der Waals surface area (Å²) < 4.78 is 0. The molecular formula is C24H21NO2.